The lowest BCUT2D eigenvalue weighted by Gasteiger charge is -2.05. The van der Waals surface area contributed by atoms with Crippen LogP contribution in [0, 0.1) is 20.8 Å². The molecule has 3 nitrogen and oxygen atoms in total. The van der Waals surface area contributed by atoms with Crippen molar-refractivity contribution in [3.8, 4) is 0 Å². The Balaban J connectivity index is 2.83. The molecule has 0 bridgehead atoms. The van der Waals surface area contributed by atoms with Gasteiger partial charge in [-0.05, 0) is 44.0 Å². The molecule has 3 heteroatoms. The van der Waals surface area contributed by atoms with Crippen LogP contribution in [0.5, 0.6) is 0 Å². The lowest BCUT2D eigenvalue weighted by molar-refractivity contribution is 1.18. The lowest BCUT2D eigenvalue weighted by Crippen LogP contribution is -1.98. The van der Waals surface area contributed by atoms with Gasteiger partial charge in [0.1, 0.15) is 5.82 Å². The smallest absolute Gasteiger partial charge is 0.145 e. The van der Waals surface area contributed by atoms with E-state index in [1.807, 2.05) is 19.1 Å². The van der Waals surface area contributed by atoms with Crippen molar-refractivity contribution in [1.29, 1.82) is 0 Å². The third kappa shape index (κ3) is 1.31. The van der Waals surface area contributed by atoms with Gasteiger partial charge < -0.3 is 5.73 Å². The first kappa shape index (κ1) is 8.94. The standard InChI is InChI=1S/C11H13N3/c1-6-4-9-10(5-7(6)2)14-11(12)8(3)13-9/h4-5H,1-3H3,(H2,12,14). The number of rotatable bonds is 0. The van der Waals surface area contributed by atoms with Gasteiger partial charge in [-0.2, -0.15) is 0 Å². The fourth-order valence-electron chi connectivity index (χ4n) is 1.41. The Morgan fingerprint density at radius 3 is 2.00 bits per heavy atom. The van der Waals surface area contributed by atoms with Crippen LogP contribution in [-0.4, -0.2) is 9.97 Å². The zero-order valence-corrected chi connectivity index (χ0v) is 8.63. The molecule has 0 saturated carbocycles. The van der Waals surface area contributed by atoms with Gasteiger partial charge in [-0.3, -0.25) is 0 Å². The summed E-state index contributed by atoms with van der Waals surface area (Å²) in [5.74, 6) is 0.515. The van der Waals surface area contributed by atoms with Crippen LogP contribution in [0.15, 0.2) is 12.1 Å². The van der Waals surface area contributed by atoms with E-state index in [1.165, 1.54) is 11.1 Å². The summed E-state index contributed by atoms with van der Waals surface area (Å²) in [6, 6.07) is 4.07. The minimum atomic E-state index is 0.515. The summed E-state index contributed by atoms with van der Waals surface area (Å²) in [6.45, 7) is 6.01. The summed E-state index contributed by atoms with van der Waals surface area (Å²) < 4.78 is 0. The van der Waals surface area contributed by atoms with Crippen molar-refractivity contribution in [2.45, 2.75) is 20.8 Å². The van der Waals surface area contributed by atoms with Crippen molar-refractivity contribution < 1.29 is 0 Å². The van der Waals surface area contributed by atoms with Crippen LogP contribution in [0.2, 0.25) is 0 Å². The van der Waals surface area contributed by atoms with E-state index in [0.29, 0.717) is 5.82 Å². The molecule has 2 N–H and O–H groups in total. The van der Waals surface area contributed by atoms with Gasteiger partial charge in [0.05, 0.1) is 16.7 Å². The van der Waals surface area contributed by atoms with Crippen LogP contribution in [0.1, 0.15) is 16.8 Å². The number of nitrogens with zero attached hydrogens (tertiary/aromatic N) is 2. The van der Waals surface area contributed by atoms with E-state index in [0.717, 1.165) is 16.7 Å². The molecule has 14 heavy (non-hydrogen) atoms. The van der Waals surface area contributed by atoms with Crippen molar-refractivity contribution in [2.24, 2.45) is 0 Å². The molecule has 0 fully saturated rings. The Labute approximate surface area is 83.0 Å². The number of hydrogen-bond acceptors (Lipinski definition) is 3. The summed E-state index contributed by atoms with van der Waals surface area (Å²) in [5, 5.41) is 0. The van der Waals surface area contributed by atoms with E-state index >= 15 is 0 Å². The lowest BCUT2D eigenvalue weighted by atomic mass is 10.1. The Kier molecular flexibility index (Phi) is 1.88. The Morgan fingerprint density at radius 2 is 1.43 bits per heavy atom. The second kappa shape index (κ2) is 2.94. The van der Waals surface area contributed by atoms with Gasteiger partial charge in [-0.25, -0.2) is 9.97 Å². The maximum atomic E-state index is 5.70. The molecule has 0 saturated heterocycles. The first-order valence-electron chi connectivity index (χ1n) is 4.59. The maximum Gasteiger partial charge on any atom is 0.145 e. The molecular formula is C11H13N3. The second-order valence-corrected chi connectivity index (χ2v) is 3.62. The number of aryl methyl sites for hydroxylation is 3. The molecule has 0 aliphatic rings. The highest BCUT2D eigenvalue weighted by molar-refractivity contribution is 5.77. The summed E-state index contributed by atoms with van der Waals surface area (Å²) >= 11 is 0. The summed E-state index contributed by atoms with van der Waals surface area (Å²) in [4.78, 5) is 8.68. The average Bonchev–Trinajstić information content (AvgIpc) is 2.11. The number of hydrogen-bond donors (Lipinski definition) is 1. The molecule has 0 amide bonds. The number of fused-ring (bicyclic) bond motifs is 1. The van der Waals surface area contributed by atoms with E-state index in [4.69, 9.17) is 5.73 Å². The van der Waals surface area contributed by atoms with Crippen molar-refractivity contribution in [3.05, 3.63) is 29.0 Å². The molecule has 1 aromatic carbocycles. The molecule has 1 aromatic heterocycles. The fraction of sp³-hybridized carbons (Fsp3) is 0.273. The van der Waals surface area contributed by atoms with Crippen molar-refractivity contribution in [2.75, 3.05) is 5.73 Å². The quantitative estimate of drug-likeness (QED) is 0.687. The van der Waals surface area contributed by atoms with Gasteiger partial charge in [-0.1, -0.05) is 0 Å². The highest BCUT2D eigenvalue weighted by atomic mass is 14.9. The third-order valence-corrected chi connectivity index (χ3v) is 2.49. The van der Waals surface area contributed by atoms with E-state index in [9.17, 15) is 0 Å². The van der Waals surface area contributed by atoms with Crippen LogP contribution in [-0.2, 0) is 0 Å². The molecule has 1 heterocycles. The van der Waals surface area contributed by atoms with Crippen LogP contribution in [0.4, 0.5) is 5.82 Å². The molecule has 0 spiro atoms. The van der Waals surface area contributed by atoms with Crippen molar-refractivity contribution in [3.63, 3.8) is 0 Å². The molecule has 0 atom stereocenters. The highest BCUT2D eigenvalue weighted by Gasteiger charge is 2.03. The molecule has 0 aliphatic carbocycles. The fourth-order valence-corrected chi connectivity index (χ4v) is 1.41. The number of anilines is 1. The Morgan fingerprint density at radius 1 is 0.929 bits per heavy atom. The first-order valence-corrected chi connectivity index (χ1v) is 4.59. The average molecular weight is 187 g/mol. The molecule has 0 radical (unpaired) electrons. The number of nitrogen functional groups attached to an aromatic ring is 1. The summed E-state index contributed by atoms with van der Waals surface area (Å²) in [5.41, 5.74) is 10.7. The highest BCUT2D eigenvalue weighted by Crippen LogP contribution is 2.18. The van der Waals surface area contributed by atoms with Crippen LogP contribution in [0.3, 0.4) is 0 Å². The number of nitrogens with two attached hydrogens (primary N) is 1. The van der Waals surface area contributed by atoms with Gasteiger partial charge in [0.2, 0.25) is 0 Å². The summed E-state index contributed by atoms with van der Waals surface area (Å²) in [7, 11) is 0. The van der Waals surface area contributed by atoms with Gasteiger partial charge in [-0.15, -0.1) is 0 Å². The van der Waals surface area contributed by atoms with Gasteiger partial charge in [0.25, 0.3) is 0 Å². The molecule has 0 aliphatic heterocycles. The topological polar surface area (TPSA) is 51.8 Å². The Bertz CT molecular complexity index is 414. The minimum Gasteiger partial charge on any atom is -0.382 e. The number of benzene rings is 1. The normalized spacial score (nSPS) is 10.8. The van der Waals surface area contributed by atoms with Crippen LogP contribution in [0.25, 0.3) is 11.0 Å². The zero-order valence-electron chi connectivity index (χ0n) is 8.63. The van der Waals surface area contributed by atoms with E-state index < -0.39 is 0 Å². The van der Waals surface area contributed by atoms with Crippen LogP contribution < -0.4 is 5.73 Å². The van der Waals surface area contributed by atoms with E-state index in [2.05, 4.69) is 23.8 Å². The zero-order chi connectivity index (χ0) is 10.3. The van der Waals surface area contributed by atoms with Crippen molar-refractivity contribution >= 4 is 16.9 Å². The van der Waals surface area contributed by atoms with Gasteiger partial charge in [0, 0.05) is 0 Å². The minimum absolute atomic E-state index is 0.515. The monoisotopic (exact) mass is 187 g/mol. The molecule has 2 aromatic rings. The first-order chi connectivity index (χ1) is 6.58. The van der Waals surface area contributed by atoms with E-state index in [1.54, 1.807) is 0 Å². The largest absolute Gasteiger partial charge is 0.382 e. The molecule has 0 unspecified atom stereocenters. The SMILES string of the molecule is Cc1cc2nc(C)c(N)nc2cc1C. The van der Waals surface area contributed by atoms with Gasteiger partial charge in [0.15, 0.2) is 0 Å². The van der Waals surface area contributed by atoms with Crippen molar-refractivity contribution in [1.82, 2.24) is 9.97 Å². The van der Waals surface area contributed by atoms with E-state index in [-0.39, 0.29) is 0 Å². The predicted molar refractivity (Wildman–Crippen MR) is 58.2 cm³/mol. The Hall–Kier alpha value is -1.64. The molecular weight excluding hydrogens is 174 g/mol. The second-order valence-electron chi connectivity index (χ2n) is 3.62. The maximum absolute atomic E-state index is 5.70. The molecule has 72 valence electrons. The number of aromatic nitrogens is 2. The van der Waals surface area contributed by atoms with Crippen LogP contribution >= 0.6 is 0 Å². The molecule has 2 rings (SSSR count). The summed E-state index contributed by atoms with van der Waals surface area (Å²) in [6.07, 6.45) is 0. The van der Waals surface area contributed by atoms with Gasteiger partial charge >= 0.3 is 0 Å². The third-order valence-electron chi connectivity index (χ3n) is 2.49. The predicted octanol–water partition coefficient (Wildman–Crippen LogP) is 2.14.